The van der Waals surface area contributed by atoms with E-state index in [1.807, 2.05) is 11.0 Å². The van der Waals surface area contributed by atoms with Gasteiger partial charge in [-0.05, 0) is 12.0 Å². The van der Waals surface area contributed by atoms with Gasteiger partial charge in [-0.15, -0.1) is 0 Å². The first-order chi connectivity index (χ1) is 7.75. The summed E-state index contributed by atoms with van der Waals surface area (Å²) >= 11 is 0. The zero-order chi connectivity index (χ0) is 11.1. The van der Waals surface area contributed by atoms with Crippen molar-refractivity contribution in [1.29, 1.82) is 0 Å². The molecule has 1 heterocycles. The summed E-state index contributed by atoms with van der Waals surface area (Å²) in [6.45, 7) is 0.743. The van der Waals surface area contributed by atoms with Gasteiger partial charge in [-0.3, -0.25) is 4.79 Å². The minimum absolute atomic E-state index is 0.0459. The van der Waals surface area contributed by atoms with Crippen LogP contribution >= 0.6 is 0 Å². The van der Waals surface area contributed by atoms with Gasteiger partial charge in [0.25, 0.3) is 0 Å². The number of carbonyl (C=O) groups is 1. The largest absolute Gasteiger partial charge is 0.337 e. The summed E-state index contributed by atoms with van der Waals surface area (Å²) in [5.41, 5.74) is 7.15. The lowest BCUT2D eigenvalue weighted by molar-refractivity contribution is -0.128. The van der Waals surface area contributed by atoms with Crippen LogP contribution in [0.4, 0.5) is 0 Å². The molecule has 3 atom stereocenters. The molecule has 2 fully saturated rings. The van der Waals surface area contributed by atoms with Gasteiger partial charge < -0.3 is 10.6 Å². The topological polar surface area (TPSA) is 46.3 Å². The van der Waals surface area contributed by atoms with Crippen molar-refractivity contribution in [3.8, 4) is 0 Å². The van der Waals surface area contributed by atoms with Crippen molar-refractivity contribution in [3.05, 3.63) is 35.9 Å². The smallest absolute Gasteiger partial charge is 0.224 e. The number of carbonyl (C=O) groups excluding carboxylic acids is 1. The lowest BCUT2D eigenvalue weighted by Crippen LogP contribution is -2.30. The molecule has 1 saturated carbocycles. The Morgan fingerprint density at radius 1 is 1.25 bits per heavy atom. The van der Waals surface area contributed by atoms with E-state index in [2.05, 4.69) is 24.3 Å². The first kappa shape index (κ1) is 9.85. The summed E-state index contributed by atoms with van der Waals surface area (Å²) in [6.07, 6.45) is 1.63. The fourth-order valence-electron chi connectivity index (χ4n) is 2.67. The number of nitrogens with zero attached hydrogens (tertiary/aromatic N) is 1. The van der Waals surface area contributed by atoms with Crippen LogP contribution in [-0.2, 0) is 4.79 Å². The Morgan fingerprint density at radius 3 is 2.62 bits per heavy atom. The Bertz CT molecular complexity index is 404. The molecule has 0 bridgehead atoms. The van der Waals surface area contributed by atoms with Gasteiger partial charge in [-0.1, -0.05) is 30.3 Å². The molecule has 84 valence electrons. The van der Waals surface area contributed by atoms with Gasteiger partial charge in [-0.25, -0.2) is 0 Å². The third-order valence-corrected chi connectivity index (χ3v) is 3.57. The lowest BCUT2D eigenvalue weighted by Gasteiger charge is -2.15. The molecule has 1 aliphatic heterocycles. The van der Waals surface area contributed by atoms with E-state index < -0.39 is 0 Å². The van der Waals surface area contributed by atoms with E-state index in [0.717, 1.165) is 13.0 Å². The SMILES string of the molecule is N[C@H]1CC(=O)N([C@H]2C[C@@H]2c2ccccc2)C1. The van der Waals surface area contributed by atoms with E-state index >= 15 is 0 Å². The molecule has 1 aromatic rings. The maximum atomic E-state index is 11.7. The highest BCUT2D eigenvalue weighted by atomic mass is 16.2. The Balaban J connectivity index is 1.71. The van der Waals surface area contributed by atoms with Gasteiger partial charge in [0.2, 0.25) is 5.91 Å². The maximum Gasteiger partial charge on any atom is 0.224 e. The number of nitrogens with two attached hydrogens (primary N) is 1. The Hall–Kier alpha value is -1.35. The molecule has 0 spiro atoms. The second-order valence-electron chi connectivity index (χ2n) is 4.83. The summed E-state index contributed by atoms with van der Waals surface area (Å²) in [5.74, 6) is 0.770. The van der Waals surface area contributed by atoms with E-state index in [-0.39, 0.29) is 11.9 Å². The highest BCUT2D eigenvalue weighted by Crippen LogP contribution is 2.45. The summed E-state index contributed by atoms with van der Waals surface area (Å²) in [4.78, 5) is 13.7. The van der Waals surface area contributed by atoms with Gasteiger partial charge in [-0.2, -0.15) is 0 Å². The lowest BCUT2D eigenvalue weighted by atomic mass is 10.1. The van der Waals surface area contributed by atoms with Crippen molar-refractivity contribution in [2.75, 3.05) is 6.54 Å². The highest BCUT2D eigenvalue weighted by molar-refractivity contribution is 5.80. The van der Waals surface area contributed by atoms with Gasteiger partial charge in [0.15, 0.2) is 0 Å². The highest BCUT2D eigenvalue weighted by Gasteiger charge is 2.47. The van der Waals surface area contributed by atoms with Crippen LogP contribution in [0.3, 0.4) is 0 Å². The predicted octanol–water partition coefficient (Wildman–Crippen LogP) is 1.10. The first-order valence-electron chi connectivity index (χ1n) is 5.85. The standard InChI is InChI=1S/C13H16N2O/c14-10-6-13(16)15(8-10)12-7-11(12)9-4-2-1-3-5-9/h1-5,10-12H,6-8,14H2/t10-,11+,12-/m0/s1. The zero-order valence-electron chi connectivity index (χ0n) is 9.17. The molecule has 1 aromatic carbocycles. The summed E-state index contributed by atoms with van der Waals surface area (Å²) in [5, 5.41) is 0. The quantitative estimate of drug-likeness (QED) is 0.804. The Kier molecular flexibility index (Phi) is 2.21. The third kappa shape index (κ3) is 1.61. The number of likely N-dealkylation sites (tertiary alicyclic amines) is 1. The summed E-state index contributed by atoms with van der Waals surface area (Å²) < 4.78 is 0. The number of amides is 1. The molecule has 0 aromatic heterocycles. The Morgan fingerprint density at radius 2 is 2.00 bits per heavy atom. The van der Waals surface area contributed by atoms with Crippen LogP contribution in [0.15, 0.2) is 30.3 Å². The second kappa shape index (κ2) is 3.59. The summed E-state index contributed by atoms with van der Waals surface area (Å²) in [7, 11) is 0. The van der Waals surface area contributed by atoms with Crippen LogP contribution in [0.2, 0.25) is 0 Å². The average Bonchev–Trinajstić information content (AvgIpc) is 3.00. The molecule has 0 radical (unpaired) electrons. The van der Waals surface area contributed by atoms with Gasteiger partial charge in [0.05, 0.1) is 0 Å². The summed E-state index contributed by atoms with van der Waals surface area (Å²) in [6, 6.07) is 10.9. The predicted molar refractivity (Wildman–Crippen MR) is 61.9 cm³/mol. The number of benzene rings is 1. The maximum absolute atomic E-state index is 11.7. The molecule has 3 heteroatoms. The van der Waals surface area contributed by atoms with Crippen molar-refractivity contribution >= 4 is 5.91 Å². The molecule has 1 amide bonds. The van der Waals surface area contributed by atoms with Crippen LogP contribution < -0.4 is 5.73 Å². The second-order valence-corrected chi connectivity index (χ2v) is 4.83. The average molecular weight is 216 g/mol. The van der Waals surface area contributed by atoms with E-state index in [9.17, 15) is 4.79 Å². The normalized spacial score (nSPS) is 33.2. The molecule has 1 aliphatic carbocycles. The van der Waals surface area contributed by atoms with Gasteiger partial charge in [0.1, 0.15) is 0 Å². The molecule has 3 nitrogen and oxygen atoms in total. The van der Waals surface area contributed by atoms with Crippen molar-refractivity contribution in [2.24, 2.45) is 5.73 Å². The fourth-order valence-corrected chi connectivity index (χ4v) is 2.67. The molecule has 2 N–H and O–H groups in total. The van der Waals surface area contributed by atoms with E-state index in [0.29, 0.717) is 18.4 Å². The van der Waals surface area contributed by atoms with Crippen LogP contribution in [0.25, 0.3) is 0 Å². The van der Waals surface area contributed by atoms with Crippen molar-refractivity contribution in [1.82, 2.24) is 4.90 Å². The van der Waals surface area contributed by atoms with Crippen molar-refractivity contribution in [2.45, 2.75) is 30.8 Å². The number of hydrogen-bond acceptors (Lipinski definition) is 2. The molecule has 0 unspecified atom stereocenters. The molecular formula is C13H16N2O. The third-order valence-electron chi connectivity index (χ3n) is 3.57. The molecular weight excluding hydrogens is 200 g/mol. The van der Waals surface area contributed by atoms with Crippen LogP contribution in [-0.4, -0.2) is 29.4 Å². The van der Waals surface area contributed by atoms with E-state index in [4.69, 9.17) is 5.73 Å². The fraction of sp³-hybridized carbons (Fsp3) is 0.462. The zero-order valence-corrected chi connectivity index (χ0v) is 9.17. The molecule has 1 saturated heterocycles. The number of hydrogen-bond donors (Lipinski definition) is 1. The van der Waals surface area contributed by atoms with Crippen molar-refractivity contribution in [3.63, 3.8) is 0 Å². The Labute approximate surface area is 95.2 Å². The van der Waals surface area contributed by atoms with Crippen LogP contribution in [0.1, 0.15) is 24.3 Å². The van der Waals surface area contributed by atoms with E-state index in [1.54, 1.807) is 0 Å². The minimum atomic E-state index is 0.0459. The van der Waals surface area contributed by atoms with Gasteiger partial charge >= 0.3 is 0 Å². The molecule has 2 aliphatic rings. The van der Waals surface area contributed by atoms with E-state index in [1.165, 1.54) is 5.56 Å². The monoisotopic (exact) mass is 216 g/mol. The minimum Gasteiger partial charge on any atom is -0.337 e. The molecule has 3 rings (SSSR count). The molecule has 16 heavy (non-hydrogen) atoms. The van der Waals surface area contributed by atoms with Crippen molar-refractivity contribution < 1.29 is 4.79 Å². The van der Waals surface area contributed by atoms with Crippen LogP contribution in [0.5, 0.6) is 0 Å². The first-order valence-corrected chi connectivity index (χ1v) is 5.85. The van der Waals surface area contributed by atoms with Crippen LogP contribution in [0, 0.1) is 0 Å². The van der Waals surface area contributed by atoms with Gasteiger partial charge in [0, 0.05) is 31.0 Å². The number of rotatable bonds is 2.